The molecule has 0 aliphatic carbocycles. The van der Waals surface area contributed by atoms with E-state index in [-0.39, 0.29) is 5.82 Å². The highest BCUT2D eigenvalue weighted by Crippen LogP contribution is 2.30. The molecule has 0 spiro atoms. The molecule has 0 fully saturated rings. The summed E-state index contributed by atoms with van der Waals surface area (Å²) in [7, 11) is 0. The molecule has 16 heavy (non-hydrogen) atoms. The molecule has 0 amide bonds. The summed E-state index contributed by atoms with van der Waals surface area (Å²) in [5.41, 5.74) is 0.688. The molecule has 1 unspecified atom stereocenters. The SMILES string of the molecule is CCC(C)CSc1ccc(F)cc1[C@H](C)O. The fourth-order valence-corrected chi connectivity index (χ4v) is 2.59. The second kappa shape index (κ2) is 6.26. The Balaban J connectivity index is 2.78. The van der Waals surface area contributed by atoms with E-state index in [4.69, 9.17) is 0 Å². The molecular weight excluding hydrogens is 223 g/mol. The lowest BCUT2D eigenvalue weighted by molar-refractivity contribution is 0.196. The second-order valence-electron chi connectivity index (χ2n) is 4.18. The van der Waals surface area contributed by atoms with Gasteiger partial charge in [-0.05, 0) is 36.6 Å². The highest BCUT2D eigenvalue weighted by atomic mass is 32.2. The predicted octanol–water partition coefficient (Wildman–Crippen LogP) is 4.02. The molecule has 1 rings (SSSR count). The van der Waals surface area contributed by atoms with Crippen LogP contribution in [0.1, 0.15) is 38.9 Å². The molecule has 0 heterocycles. The highest BCUT2D eigenvalue weighted by Gasteiger charge is 2.10. The lowest BCUT2D eigenvalue weighted by atomic mass is 10.1. The van der Waals surface area contributed by atoms with Gasteiger partial charge in [0.05, 0.1) is 6.10 Å². The van der Waals surface area contributed by atoms with E-state index in [9.17, 15) is 9.50 Å². The third-order valence-electron chi connectivity index (χ3n) is 2.64. The van der Waals surface area contributed by atoms with Crippen molar-refractivity contribution in [3.8, 4) is 0 Å². The third-order valence-corrected chi connectivity index (χ3v) is 4.06. The number of halogens is 1. The monoisotopic (exact) mass is 242 g/mol. The number of aliphatic hydroxyl groups excluding tert-OH is 1. The first kappa shape index (κ1) is 13.5. The molecule has 0 saturated carbocycles. The summed E-state index contributed by atoms with van der Waals surface area (Å²) < 4.78 is 13.1. The van der Waals surface area contributed by atoms with Gasteiger partial charge in [-0.25, -0.2) is 4.39 Å². The van der Waals surface area contributed by atoms with Crippen LogP contribution in [0.5, 0.6) is 0 Å². The number of benzene rings is 1. The lowest BCUT2D eigenvalue weighted by Crippen LogP contribution is -1.99. The van der Waals surface area contributed by atoms with Crippen LogP contribution >= 0.6 is 11.8 Å². The molecular formula is C13H19FOS. The zero-order valence-electron chi connectivity index (χ0n) is 10.0. The molecule has 3 heteroatoms. The van der Waals surface area contributed by atoms with Crippen molar-refractivity contribution in [2.24, 2.45) is 5.92 Å². The Hall–Kier alpha value is -0.540. The van der Waals surface area contributed by atoms with Crippen molar-refractivity contribution in [1.29, 1.82) is 0 Å². The van der Waals surface area contributed by atoms with Gasteiger partial charge < -0.3 is 5.11 Å². The summed E-state index contributed by atoms with van der Waals surface area (Å²) in [6, 6.07) is 4.62. The molecule has 0 bridgehead atoms. The Morgan fingerprint density at radius 2 is 2.06 bits per heavy atom. The topological polar surface area (TPSA) is 20.2 Å². The summed E-state index contributed by atoms with van der Waals surface area (Å²) in [5.74, 6) is 1.35. The van der Waals surface area contributed by atoms with Gasteiger partial charge in [-0.1, -0.05) is 20.3 Å². The van der Waals surface area contributed by atoms with Crippen LogP contribution in [0.25, 0.3) is 0 Å². The van der Waals surface area contributed by atoms with Crippen molar-refractivity contribution in [2.75, 3.05) is 5.75 Å². The van der Waals surface area contributed by atoms with Crippen LogP contribution in [0.3, 0.4) is 0 Å². The van der Waals surface area contributed by atoms with Crippen LogP contribution in [-0.2, 0) is 0 Å². The van der Waals surface area contributed by atoms with Crippen molar-refractivity contribution in [3.63, 3.8) is 0 Å². The van der Waals surface area contributed by atoms with E-state index in [0.717, 1.165) is 17.1 Å². The Labute approximate surface area is 101 Å². The number of rotatable bonds is 5. The van der Waals surface area contributed by atoms with E-state index in [2.05, 4.69) is 13.8 Å². The molecule has 0 saturated heterocycles. The normalized spacial score (nSPS) is 14.8. The van der Waals surface area contributed by atoms with Crippen molar-refractivity contribution in [2.45, 2.75) is 38.2 Å². The zero-order chi connectivity index (χ0) is 12.1. The summed E-state index contributed by atoms with van der Waals surface area (Å²) in [6.45, 7) is 6.02. The van der Waals surface area contributed by atoms with Gasteiger partial charge in [0.1, 0.15) is 5.82 Å². The van der Waals surface area contributed by atoms with Gasteiger partial charge in [0, 0.05) is 10.6 Å². The van der Waals surface area contributed by atoms with Crippen LogP contribution in [0, 0.1) is 11.7 Å². The third kappa shape index (κ3) is 3.80. The van der Waals surface area contributed by atoms with E-state index < -0.39 is 6.10 Å². The fraction of sp³-hybridized carbons (Fsp3) is 0.538. The average Bonchev–Trinajstić information content (AvgIpc) is 2.26. The predicted molar refractivity (Wildman–Crippen MR) is 67.2 cm³/mol. The van der Waals surface area contributed by atoms with Crippen molar-refractivity contribution < 1.29 is 9.50 Å². The van der Waals surface area contributed by atoms with E-state index >= 15 is 0 Å². The first-order valence-electron chi connectivity index (χ1n) is 5.64. The Morgan fingerprint density at radius 3 is 2.62 bits per heavy atom. The summed E-state index contributed by atoms with van der Waals surface area (Å²) in [5, 5.41) is 9.57. The van der Waals surface area contributed by atoms with Gasteiger partial charge in [-0.15, -0.1) is 11.8 Å². The Morgan fingerprint density at radius 1 is 1.38 bits per heavy atom. The Kier molecular flexibility index (Phi) is 5.29. The summed E-state index contributed by atoms with van der Waals surface area (Å²) >= 11 is 1.69. The summed E-state index contributed by atoms with van der Waals surface area (Å²) in [4.78, 5) is 0.983. The minimum absolute atomic E-state index is 0.288. The first-order valence-corrected chi connectivity index (χ1v) is 6.63. The maximum Gasteiger partial charge on any atom is 0.123 e. The first-order chi connectivity index (χ1) is 7.54. The molecule has 1 N–H and O–H groups in total. The van der Waals surface area contributed by atoms with Gasteiger partial charge in [-0.2, -0.15) is 0 Å². The maximum absolute atomic E-state index is 13.1. The molecule has 1 aromatic carbocycles. The molecule has 1 aromatic rings. The quantitative estimate of drug-likeness (QED) is 0.787. The van der Waals surface area contributed by atoms with Crippen LogP contribution in [0.15, 0.2) is 23.1 Å². The van der Waals surface area contributed by atoms with Gasteiger partial charge in [0.25, 0.3) is 0 Å². The zero-order valence-corrected chi connectivity index (χ0v) is 10.9. The van der Waals surface area contributed by atoms with E-state index in [1.807, 2.05) is 0 Å². The number of hydrogen-bond acceptors (Lipinski definition) is 2. The molecule has 0 aliphatic rings. The minimum atomic E-state index is -0.616. The van der Waals surface area contributed by atoms with Gasteiger partial charge in [0.15, 0.2) is 0 Å². The van der Waals surface area contributed by atoms with Gasteiger partial charge in [0.2, 0.25) is 0 Å². The smallest absolute Gasteiger partial charge is 0.123 e. The van der Waals surface area contributed by atoms with Gasteiger partial charge >= 0.3 is 0 Å². The van der Waals surface area contributed by atoms with Crippen molar-refractivity contribution in [3.05, 3.63) is 29.6 Å². The maximum atomic E-state index is 13.1. The van der Waals surface area contributed by atoms with Crippen LogP contribution < -0.4 is 0 Å². The van der Waals surface area contributed by atoms with Crippen LogP contribution in [0.4, 0.5) is 4.39 Å². The lowest BCUT2D eigenvalue weighted by Gasteiger charge is -2.13. The number of aliphatic hydroxyl groups is 1. The van der Waals surface area contributed by atoms with Crippen molar-refractivity contribution in [1.82, 2.24) is 0 Å². The fourth-order valence-electron chi connectivity index (χ4n) is 1.33. The number of thioether (sulfide) groups is 1. The molecule has 1 nitrogen and oxygen atoms in total. The largest absolute Gasteiger partial charge is 0.389 e. The highest BCUT2D eigenvalue weighted by molar-refractivity contribution is 7.99. The van der Waals surface area contributed by atoms with Crippen LogP contribution in [-0.4, -0.2) is 10.9 Å². The number of hydrogen-bond donors (Lipinski definition) is 1. The average molecular weight is 242 g/mol. The Bertz CT molecular complexity index is 339. The second-order valence-corrected chi connectivity index (χ2v) is 5.24. The molecule has 0 aromatic heterocycles. The minimum Gasteiger partial charge on any atom is -0.389 e. The van der Waals surface area contributed by atoms with Crippen LogP contribution in [0.2, 0.25) is 0 Å². The van der Waals surface area contributed by atoms with E-state index in [1.165, 1.54) is 12.1 Å². The molecule has 2 atom stereocenters. The molecule has 90 valence electrons. The molecule has 0 aliphatic heterocycles. The molecule has 0 radical (unpaired) electrons. The van der Waals surface area contributed by atoms with E-state index in [0.29, 0.717) is 11.5 Å². The van der Waals surface area contributed by atoms with E-state index in [1.54, 1.807) is 24.8 Å². The van der Waals surface area contributed by atoms with Crippen molar-refractivity contribution >= 4 is 11.8 Å². The summed E-state index contributed by atoms with van der Waals surface area (Å²) in [6.07, 6.45) is 0.521. The standard InChI is InChI=1S/C13H19FOS/c1-4-9(2)8-16-13-6-5-11(14)7-12(13)10(3)15/h5-7,9-10,15H,4,8H2,1-3H3/t9?,10-/m0/s1. The van der Waals surface area contributed by atoms with Gasteiger partial charge in [-0.3, -0.25) is 0 Å².